The van der Waals surface area contributed by atoms with Gasteiger partial charge in [-0.15, -0.1) is 0 Å². The van der Waals surface area contributed by atoms with E-state index in [1.54, 1.807) is 10.9 Å². The Morgan fingerprint density at radius 2 is 2.07 bits per heavy atom. The Morgan fingerprint density at radius 3 is 2.79 bits per heavy atom. The van der Waals surface area contributed by atoms with Crippen molar-refractivity contribution in [1.29, 1.82) is 0 Å². The van der Waals surface area contributed by atoms with Crippen molar-refractivity contribution in [3.63, 3.8) is 0 Å². The summed E-state index contributed by atoms with van der Waals surface area (Å²) in [7, 11) is 1.90. The molecular formula is C21H29N5O2. The minimum absolute atomic E-state index is 0.0288. The lowest BCUT2D eigenvalue weighted by Crippen LogP contribution is -2.52. The van der Waals surface area contributed by atoms with Crippen LogP contribution in [0, 0.1) is 6.92 Å². The average molecular weight is 383 g/mol. The number of hydrogen-bond acceptors (Lipinski definition) is 5. The Labute approximate surface area is 166 Å². The second-order valence-corrected chi connectivity index (χ2v) is 7.83. The number of nitrogens with zero attached hydrogens (tertiary/aromatic N) is 5. The van der Waals surface area contributed by atoms with E-state index in [1.165, 1.54) is 19.3 Å². The SMILES string of the molecule is Cc1cccnc1C(=O)N1CCO[C@@H](CN2CCCCC2)[C@@H]1c1cnn(C)c1. The maximum atomic E-state index is 13.4. The molecule has 7 heteroatoms. The fraction of sp³-hybridized carbons (Fsp3) is 0.571. The topological polar surface area (TPSA) is 63.5 Å². The molecule has 2 atom stereocenters. The van der Waals surface area contributed by atoms with Crippen molar-refractivity contribution in [2.75, 3.05) is 32.8 Å². The summed E-state index contributed by atoms with van der Waals surface area (Å²) in [6.07, 6.45) is 9.24. The van der Waals surface area contributed by atoms with Crippen LogP contribution >= 0.6 is 0 Å². The molecule has 0 unspecified atom stereocenters. The van der Waals surface area contributed by atoms with Gasteiger partial charge in [-0.3, -0.25) is 14.5 Å². The number of aromatic nitrogens is 3. The fourth-order valence-corrected chi connectivity index (χ4v) is 4.34. The van der Waals surface area contributed by atoms with E-state index in [4.69, 9.17) is 4.74 Å². The zero-order valence-corrected chi connectivity index (χ0v) is 16.8. The van der Waals surface area contributed by atoms with Gasteiger partial charge in [0.15, 0.2) is 0 Å². The van der Waals surface area contributed by atoms with Crippen molar-refractivity contribution >= 4 is 5.91 Å². The van der Waals surface area contributed by atoms with Crippen molar-refractivity contribution in [1.82, 2.24) is 24.6 Å². The largest absolute Gasteiger partial charge is 0.373 e. The number of morpholine rings is 1. The molecule has 28 heavy (non-hydrogen) atoms. The Morgan fingerprint density at radius 1 is 1.25 bits per heavy atom. The van der Waals surface area contributed by atoms with Crippen LogP contribution in [0.1, 0.15) is 46.9 Å². The summed E-state index contributed by atoms with van der Waals surface area (Å²) < 4.78 is 8.00. The van der Waals surface area contributed by atoms with E-state index in [0.717, 1.165) is 30.8 Å². The average Bonchev–Trinajstić information content (AvgIpc) is 3.14. The number of rotatable bonds is 4. The Bertz CT molecular complexity index is 815. The summed E-state index contributed by atoms with van der Waals surface area (Å²) >= 11 is 0. The van der Waals surface area contributed by atoms with Crippen LogP contribution in [-0.2, 0) is 11.8 Å². The van der Waals surface area contributed by atoms with Crippen LogP contribution < -0.4 is 0 Å². The highest BCUT2D eigenvalue weighted by molar-refractivity contribution is 5.94. The molecule has 0 bridgehead atoms. The molecule has 0 radical (unpaired) electrons. The number of aryl methyl sites for hydroxylation is 2. The number of carbonyl (C=O) groups excluding carboxylic acids is 1. The van der Waals surface area contributed by atoms with Crippen molar-refractivity contribution in [2.45, 2.75) is 38.3 Å². The van der Waals surface area contributed by atoms with E-state index < -0.39 is 0 Å². The van der Waals surface area contributed by atoms with Crippen LogP contribution in [0.3, 0.4) is 0 Å². The first-order valence-corrected chi connectivity index (χ1v) is 10.2. The van der Waals surface area contributed by atoms with Gasteiger partial charge in [0.2, 0.25) is 0 Å². The predicted octanol–water partition coefficient (Wildman–Crippen LogP) is 2.19. The first kappa shape index (κ1) is 19.1. The van der Waals surface area contributed by atoms with Crippen molar-refractivity contribution < 1.29 is 9.53 Å². The summed E-state index contributed by atoms with van der Waals surface area (Å²) in [6.45, 7) is 6.09. The molecule has 7 nitrogen and oxygen atoms in total. The highest BCUT2D eigenvalue weighted by Crippen LogP contribution is 2.32. The van der Waals surface area contributed by atoms with Crippen LogP contribution in [0.4, 0.5) is 0 Å². The summed E-state index contributed by atoms with van der Waals surface area (Å²) in [5, 5.41) is 4.35. The molecule has 150 valence electrons. The van der Waals surface area contributed by atoms with Crippen molar-refractivity contribution in [3.05, 3.63) is 47.5 Å². The van der Waals surface area contributed by atoms with E-state index in [9.17, 15) is 4.79 Å². The first-order chi connectivity index (χ1) is 13.6. The number of hydrogen-bond donors (Lipinski definition) is 0. The summed E-state index contributed by atoms with van der Waals surface area (Å²) in [5.74, 6) is -0.0288. The molecule has 0 aromatic carbocycles. The molecule has 2 aromatic rings. The molecule has 0 aliphatic carbocycles. The van der Waals surface area contributed by atoms with Gasteiger partial charge >= 0.3 is 0 Å². The maximum Gasteiger partial charge on any atom is 0.273 e. The van der Waals surface area contributed by atoms with Crippen molar-refractivity contribution in [2.24, 2.45) is 7.05 Å². The number of piperidine rings is 1. The van der Waals surface area contributed by atoms with Crippen LogP contribution in [0.15, 0.2) is 30.7 Å². The van der Waals surface area contributed by atoms with E-state index in [0.29, 0.717) is 18.8 Å². The minimum Gasteiger partial charge on any atom is -0.373 e. The van der Waals surface area contributed by atoms with Gasteiger partial charge in [-0.05, 0) is 44.5 Å². The summed E-state index contributed by atoms with van der Waals surface area (Å²) in [6, 6.07) is 3.65. The van der Waals surface area contributed by atoms with E-state index in [1.807, 2.05) is 43.4 Å². The molecule has 0 N–H and O–H groups in total. The third kappa shape index (κ3) is 3.95. The number of ether oxygens (including phenoxy) is 1. The van der Waals surface area contributed by atoms with Crippen LogP contribution in [0.5, 0.6) is 0 Å². The van der Waals surface area contributed by atoms with Crippen LogP contribution in [-0.4, -0.2) is 69.4 Å². The highest BCUT2D eigenvalue weighted by atomic mass is 16.5. The second kappa shape index (κ2) is 8.41. The zero-order chi connectivity index (χ0) is 19.5. The molecule has 0 saturated carbocycles. The molecule has 2 saturated heterocycles. The van der Waals surface area contributed by atoms with Gasteiger partial charge in [0, 0.05) is 38.1 Å². The van der Waals surface area contributed by atoms with Gasteiger partial charge in [0.05, 0.1) is 24.9 Å². The number of likely N-dealkylation sites (tertiary alicyclic amines) is 1. The molecular weight excluding hydrogens is 354 g/mol. The lowest BCUT2D eigenvalue weighted by atomic mass is 9.98. The van der Waals surface area contributed by atoms with Gasteiger partial charge < -0.3 is 14.5 Å². The van der Waals surface area contributed by atoms with Gasteiger partial charge in [-0.25, -0.2) is 0 Å². The molecule has 4 rings (SSSR count). The molecule has 0 spiro atoms. The molecule has 4 heterocycles. The Balaban J connectivity index is 1.63. The quantitative estimate of drug-likeness (QED) is 0.810. The van der Waals surface area contributed by atoms with Crippen molar-refractivity contribution in [3.8, 4) is 0 Å². The van der Waals surface area contributed by atoms with E-state index >= 15 is 0 Å². The lowest BCUT2D eigenvalue weighted by molar-refractivity contribution is -0.0743. The molecule has 2 aromatic heterocycles. The third-order valence-electron chi connectivity index (χ3n) is 5.78. The third-order valence-corrected chi connectivity index (χ3v) is 5.78. The molecule has 1 amide bonds. The molecule has 2 aliphatic heterocycles. The van der Waals surface area contributed by atoms with Gasteiger partial charge in [0.25, 0.3) is 5.91 Å². The predicted molar refractivity (Wildman–Crippen MR) is 106 cm³/mol. The van der Waals surface area contributed by atoms with E-state index in [2.05, 4.69) is 15.0 Å². The van der Waals surface area contributed by atoms with E-state index in [-0.39, 0.29) is 18.1 Å². The van der Waals surface area contributed by atoms with Crippen LogP contribution in [0.2, 0.25) is 0 Å². The second-order valence-electron chi connectivity index (χ2n) is 7.83. The number of amides is 1. The Kier molecular flexibility index (Phi) is 5.73. The van der Waals surface area contributed by atoms with Gasteiger partial charge in [0.1, 0.15) is 5.69 Å². The lowest BCUT2D eigenvalue weighted by Gasteiger charge is -2.43. The summed E-state index contributed by atoms with van der Waals surface area (Å²) in [4.78, 5) is 22.2. The maximum absolute atomic E-state index is 13.4. The standard InChI is InChI=1S/C21H29N5O2/c1-16-7-6-8-22-19(16)21(27)26-11-12-28-18(15-25-9-4-3-5-10-25)20(26)17-13-23-24(2)14-17/h6-8,13-14,18,20H,3-5,9-12,15H2,1-2H3/t18-,20-/m0/s1. The number of pyridine rings is 1. The molecule has 2 aliphatic rings. The first-order valence-electron chi connectivity index (χ1n) is 10.2. The Hall–Kier alpha value is -2.25. The fourth-order valence-electron chi connectivity index (χ4n) is 4.34. The minimum atomic E-state index is -0.154. The summed E-state index contributed by atoms with van der Waals surface area (Å²) in [5.41, 5.74) is 2.44. The normalized spacial score (nSPS) is 23.7. The van der Waals surface area contributed by atoms with Crippen LogP contribution in [0.25, 0.3) is 0 Å². The smallest absolute Gasteiger partial charge is 0.273 e. The highest BCUT2D eigenvalue weighted by Gasteiger charge is 2.39. The number of carbonyl (C=O) groups is 1. The monoisotopic (exact) mass is 383 g/mol. The zero-order valence-electron chi connectivity index (χ0n) is 16.8. The van der Waals surface area contributed by atoms with Gasteiger partial charge in [-0.1, -0.05) is 12.5 Å². The van der Waals surface area contributed by atoms with Gasteiger partial charge in [-0.2, -0.15) is 5.10 Å². The molecule has 2 fully saturated rings.